The van der Waals surface area contributed by atoms with Gasteiger partial charge in [-0.1, -0.05) is 66.7 Å². The topological polar surface area (TPSA) is 91.5 Å². The van der Waals surface area contributed by atoms with E-state index in [-0.39, 0.29) is 11.8 Å². The fourth-order valence-corrected chi connectivity index (χ4v) is 5.61. The number of para-hydroxylation sites is 1. The van der Waals surface area contributed by atoms with Crippen LogP contribution in [-0.4, -0.2) is 46.9 Å². The van der Waals surface area contributed by atoms with Crippen molar-refractivity contribution in [1.29, 1.82) is 0 Å². The molecule has 37 heavy (non-hydrogen) atoms. The van der Waals surface area contributed by atoms with Crippen molar-refractivity contribution in [2.75, 3.05) is 13.2 Å². The summed E-state index contributed by atoms with van der Waals surface area (Å²) in [6, 6.07) is 23.8. The number of nitrogens with one attached hydrogen (secondary N) is 2. The molecular formula is C30H27N3O4. The highest BCUT2D eigenvalue weighted by atomic mass is 16.5. The number of nitrogens with zero attached hydrogens (tertiary/aromatic N) is 1. The maximum absolute atomic E-state index is 13.9. The normalized spacial score (nSPS) is 21.1. The highest BCUT2D eigenvalue weighted by molar-refractivity contribution is 6.02. The van der Waals surface area contributed by atoms with Gasteiger partial charge in [-0.3, -0.25) is 9.59 Å². The van der Waals surface area contributed by atoms with Crippen LogP contribution >= 0.6 is 0 Å². The highest BCUT2D eigenvalue weighted by Crippen LogP contribution is 2.43. The fourth-order valence-electron chi connectivity index (χ4n) is 5.61. The van der Waals surface area contributed by atoms with Crippen LogP contribution in [-0.2, 0) is 20.7 Å². The largest absolute Gasteiger partial charge is 0.464 e. The zero-order valence-electron chi connectivity index (χ0n) is 20.2. The molecular weight excluding hydrogens is 466 g/mol. The van der Waals surface area contributed by atoms with Crippen LogP contribution in [0.25, 0.3) is 10.9 Å². The van der Waals surface area contributed by atoms with Crippen molar-refractivity contribution in [2.45, 2.75) is 30.8 Å². The van der Waals surface area contributed by atoms with Gasteiger partial charge in [0.05, 0.1) is 18.6 Å². The molecule has 2 aliphatic rings. The lowest BCUT2D eigenvalue weighted by Crippen LogP contribution is -2.50. The second-order valence-electron chi connectivity index (χ2n) is 9.55. The molecule has 6 rings (SSSR count). The van der Waals surface area contributed by atoms with Gasteiger partial charge in [-0.25, -0.2) is 4.79 Å². The Labute approximate surface area is 214 Å². The molecule has 2 N–H and O–H groups in total. The number of carbonyl (C=O) groups is 3. The average Bonchev–Trinajstić information content (AvgIpc) is 3.54. The number of aromatic nitrogens is 1. The summed E-state index contributed by atoms with van der Waals surface area (Å²) >= 11 is 0. The van der Waals surface area contributed by atoms with Crippen LogP contribution in [0.15, 0.2) is 85.1 Å². The van der Waals surface area contributed by atoms with E-state index >= 15 is 0 Å². The summed E-state index contributed by atoms with van der Waals surface area (Å²) in [5.74, 6) is -1.47. The Morgan fingerprint density at radius 3 is 2.54 bits per heavy atom. The van der Waals surface area contributed by atoms with E-state index in [1.165, 1.54) is 0 Å². The molecule has 1 fully saturated rings. The van der Waals surface area contributed by atoms with E-state index in [2.05, 4.69) is 16.4 Å². The standard InChI is InChI=1S/C30H27N3O4/c34-28(32-25-15-17-37-30(25)36)26-22-11-4-5-12-23(22)29(35)33(27(26)19-8-2-1-3-9-19)16-14-20-18-31-24-13-7-6-10-21(20)24/h1-13,18,25-27,31H,14-17H2,(H,32,34)/t25?,26-,27-/m0/s1. The average molecular weight is 494 g/mol. The molecule has 1 aromatic heterocycles. The second-order valence-corrected chi connectivity index (χ2v) is 9.55. The molecule has 0 bridgehead atoms. The molecule has 1 unspecified atom stereocenters. The Bertz CT molecular complexity index is 1480. The molecule has 2 amide bonds. The van der Waals surface area contributed by atoms with E-state index < -0.39 is 24.0 Å². The zero-order valence-corrected chi connectivity index (χ0v) is 20.2. The van der Waals surface area contributed by atoms with Gasteiger partial charge in [-0.05, 0) is 35.2 Å². The Balaban J connectivity index is 1.40. The molecule has 0 saturated carbocycles. The summed E-state index contributed by atoms with van der Waals surface area (Å²) in [4.78, 5) is 45.0. The van der Waals surface area contributed by atoms with Gasteiger partial charge in [0.25, 0.3) is 5.91 Å². The first-order chi connectivity index (χ1) is 18.1. The summed E-state index contributed by atoms with van der Waals surface area (Å²) < 4.78 is 5.07. The van der Waals surface area contributed by atoms with Gasteiger partial charge in [-0.2, -0.15) is 0 Å². The smallest absolute Gasteiger partial charge is 0.328 e. The SMILES string of the molecule is O=C1OCCC1NC(=O)[C@H]1c2ccccc2C(=O)N(CCc2c[nH]c3ccccc23)[C@H]1c1ccccc1. The van der Waals surface area contributed by atoms with Gasteiger partial charge in [0.15, 0.2) is 0 Å². The van der Waals surface area contributed by atoms with Crippen molar-refractivity contribution >= 4 is 28.7 Å². The summed E-state index contributed by atoms with van der Waals surface area (Å²) in [6.07, 6.45) is 3.06. The molecule has 3 atom stereocenters. The van der Waals surface area contributed by atoms with E-state index in [0.717, 1.165) is 22.0 Å². The minimum atomic E-state index is -0.673. The van der Waals surface area contributed by atoms with Crippen molar-refractivity contribution < 1.29 is 19.1 Å². The number of aromatic amines is 1. The minimum Gasteiger partial charge on any atom is -0.464 e. The number of carbonyl (C=O) groups excluding carboxylic acids is 3. The Morgan fingerprint density at radius 1 is 0.973 bits per heavy atom. The molecule has 0 spiro atoms. The monoisotopic (exact) mass is 493 g/mol. The summed E-state index contributed by atoms with van der Waals surface area (Å²) in [5.41, 5.74) is 4.23. The number of hydrogen-bond donors (Lipinski definition) is 2. The zero-order chi connectivity index (χ0) is 25.4. The van der Waals surface area contributed by atoms with Crippen LogP contribution in [0.4, 0.5) is 0 Å². The van der Waals surface area contributed by atoms with Gasteiger partial charge in [0.2, 0.25) is 5.91 Å². The third kappa shape index (κ3) is 4.16. The summed E-state index contributed by atoms with van der Waals surface area (Å²) in [7, 11) is 0. The van der Waals surface area contributed by atoms with Crippen LogP contribution in [0.3, 0.4) is 0 Å². The highest BCUT2D eigenvalue weighted by Gasteiger charge is 2.45. The van der Waals surface area contributed by atoms with Gasteiger partial charge < -0.3 is 19.9 Å². The molecule has 7 nitrogen and oxygen atoms in total. The number of esters is 1. The van der Waals surface area contributed by atoms with E-state index in [0.29, 0.717) is 37.1 Å². The van der Waals surface area contributed by atoms with E-state index in [4.69, 9.17) is 4.74 Å². The Kier molecular flexibility index (Phi) is 5.96. The number of H-pyrrole nitrogens is 1. The van der Waals surface area contributed by atoms with E-state index in [9.17, 15) is 14.4 Å². The lowest BCUT2D eigenvalue weighted by molar-refractivity contribution is -0.141. The lowest BCUT2D eigenvalue weighted by Gasteiger charge is -2.42. The number of fused-ring (bicyclic) bond motifs is 2. The van der Waals surface area contributed by atoms with E-state index in [1.807, 2.05) is 77.8 Å². The van der Waals surface area contributed by atoms with Crippen molar-refractivity contribution in [2.24, 2.45) is 0 Å². The number of ether oxygens (including phenoxy) is 1. The summed E-state index contributed by atoms with van der Waals surface area (Å²) in [5, 5.41) is 4.03. The predicted octanol–water partition coefficient (Wildman–Crippen LogP) is 4.12. The number of cyclic esters (lactones) is 1. The van der Waals surface area contributed by atoms with Gasteiger partial charge in [0, 0.05) is 35.6 Å². The molecule has 186 valence electrons. The third-order valence-corrected chi connectivity index (χ3v) is 7.41. The maximum atomic E-state index is 13.9. The minimum absolute atomic E-state index is 0.103. The number of benzene rings is 3. The first-order valence-electron chi connectivity index (χ1n) is 12.6. The Hall–Kier alpha value is -4.39. The molecule has 3 aromatic carbocycles. The molecule has 3 heterocycles. The number of hydrogen-bond acceptors (Lipinski definition) is 4. The maximum Gasteiger partial charge on any atom is 0.328 e. The third-order valence-electron chi connectivity index (χ3n) is 7.41. The quantitative estimate of drug-likeness (QED) is 0.395. The van der Waals surface area contributed by atoms with Gasteiger partial charge in [0.1, 0.15) is 6.04 Å². The van der Waals surface area contributed by atoms with Crippen LogP contribution in [0.1, 0.15) is 45.4 Å². The van der Waals surface area contributed by atoms with Crippen molar-refractivity contribution in [1.82, 2.24) is 15.2 Å². The second kappa shape index (κ2) is 9.58. The van der Waals surface area contributed by atoms with Crippen molar-refractivity contribution in [3.8, 4) is 0 Å². The molecule has 1 saturated heterocycles. The van der Waals surface area contributed by atoms with Crippen molar-refractivity contribution in [3.05, 3.63) is 107 Å². The summed E-state index contributed by atoms with van der Waals surface area (Å²) in [6.45, 7) is 0.728. The first kappa shape index (κ1) is 23.0. The molecule has 0 radical (unpaired) electrons. The van der Waals surface area contributed by atoms with Gasteiger partial charge in [-0.15, -0.1) is 0 Å². The van der Waals surface area contributed by atoms with Crippen LogP contribution in [0.2, 0.25) is 0 Å². The van der Waals surface area contributed by atoms with Crippen LogP contribution in [0.5, 0.6) is 0 Å². The Morgan fingerprint density at radius 2 is 1.73 bits per heavy atom. The number of rotatable bonds is 6. The number of amides is 2. The fraction of sp³-hybridized carbons (Fsp3) is 0.233. The first-order valence-corrected chi connectivity index (χ1v) is 12.6. The predicted molar refractivity (Wildman–Crippen MR) is 139 cm³/mol. The molecule has 0 aliphatic carbocycles. The van der Waals surface area contributed by atoms with Crippen molar-refractivity contribution in [3.63, 3.8) is 0 Å². The molecule has 2 aliphatic heterocycles. The van der Waals surface area contributed by atoms with E-state index in [1.54, 1.807) is 6.07 Å². The van der Waals surface area contributed by atoms with Crippen LogP contribution < -0.4 is 5.32 Å². The molecule has 7 heteroatoms. The van der Waals surface area contributed by atoms with Crippen LogP contribution in [0, 0.1) is 0 Å². The molecule has 4 aromatic rings. The lowest BCUT2D eigenvalue weighted by atomic mass is 9.79. The van der Waals surface area contributed by atoms with Gasteiger partial charge >= 0.3 is 5.97 Å².